The first-order chi connectivity index (χ1) is 8.88. The molecule has 2 aromatic rings. The lowest BCUT2D eigenvalue weighted by Gasteiger charge is -2.13. The van der Waals surface area contributed by atoms with Crippen LogP contribution in [0.5, 0.6) is 0 Å². The molecule has 0 aliphatic rings. The van der Waals surface area contributed by atoms with E-state index in [0.29, 0.717) is 0 Å². The molecule has 0 atom stereocenters. The third-order valence-electron chi connectivity index (χ3n) is 2.19. The van der Waals surface area contributed by atoms with E-state index >= 15 is 0 Å². The molecule has 0 unspecified atom stereocenters. The Morgan fingerprint density at radius 1 is 1.37 bits per heavy atom. The largest absolute Gasteiger partial charge is 0.418 e. The van der Waals surface area contributed by atoms with Gasteiger partial charge >= 0.3 is 6.18 Å². The number of alkyl halides is 3. The van der Waals surface area contributed by atoms with Gasteiger partial charge in [0.05, 0.1) is 23.0 Å². The summed E-state index contributed by atoms with van der Waals surface area (Å²) < 4.78 is 38.4. The Kier molecular flexibility index (Phi) is 3.77. The molecule has 0 saturated carbocycles. The minimum absolute atomic E-state index is 0.0527. The van der Waals surface area contributed by atoms with Gasteiger partial charge in [-0.25, -0.2) is 0 Å². The van der Waals surface area contributed by atoms with Gasteiger partial charge in [-0.3, -0.25) is 9.78 Å². The van der Waals surface area contributed by atoms with Crippen LogP contribution in [0.4, 0.5) is 18.9 Å². The van der Waals surface area contributed by atoms with Crippen LogP contribution in [0.3, 0.4) is 0 Å². The molecular formula is C11H6ClF3N2OS. The molecule has 0 fully saturated rings. The normalized spacial score (nSPS) is 11.4. The molecule has 1 aromatic carbocycles. The second kappa shape index (κ2) is 5.18. The number of halogens is 4. The monoisotopic (exact) mass is 306 g/mol. The fourth-order valence-electron chi connectivity index (χ4n) is 1.37. The maximum Gasteiger partial charge on any atom is 0.418 e. The van der Waals surface area contributed by atoms with Gasteiger partial charge in [-0.15, -0.1) is 11.3 Å². The van der Waals surface area contributed by atoms with Crippen LogP contribution in [0.1, 0.15) is 15.2 Å². The Morgan fingerprint density at radius 3 is 2.68 bits per heavy atom. The van der Waals surface area contributed by atoms with Crippen LogP contribution in [-0.2, 0) is 6.18 Å². The van der Waals surface area contributed by atoms with Gasteiger partial charge in [-0.05, 0) is 18.2 Å². The quantitative estimate of drug-likeness (QED) is 0.909. The van der Waals surface area contributed by atoms with Crippen LogP contribution < -0.4 is 5.32 Å². The second-order valence-electron chi connectivity index (χ2n) is 3.51. The van der Waals surface area contributed by atoms with E-state index in [1.807, 2.05) is 0 Å². The number of rotatable bonds is 2. The van der Waals surface area contributed by atoms with Gasteiger partial charge in [-0.1, -0.05) is 11.6 Å². The number of thiazole rings is 1. The summed E-state index contributed by atoms with van der Waals surface area (Å²) in [6.07, 6.45) is -3.32. The highest BCUT2D eigenvalue weighted by Gasteiger charge is 2.34. The molecular weight excluding hydrogens is 301 g/mol. The molecule has 0 bridgehead atoms. The number of benzene rings is 1. The van der Waals surface area contributed by atoms with Gasteiger partial charge in [0, 0.05) is 5.02 Å². The Hall–Kier alpha value is -1.60. The average molecular weight is 307 g/mol. The molecule has 0 aliphatic heterocycles. The first-order valence-electron chi connectivity index (χ1n) is 4.94. The van der Waals surface area contributed by atoms with Gasteiger partial charge in [0.25, 0.3) is 5.91 Å². The van der Waals surface area contributed by atoms with Crippen LogP contribution in [0.2, 0.25) is 5.02 Å². The SMILES string of the molecule is O=C(Nc1ccc(Cl)cc1C(F)(F)F)c1cncs1. The number of carbonyl (C=O) groups is 1. The molecule has 0 spiro atoms. The van der Waals surface area contributed by atoms with Crippen molar-refractivity contribution >= 4 is 34.5 Å². The Morgan fingerprint density at radius 2 is 2.11 bits per heavy atom. The molecule has 1 N–H and O–H groups in total. The van der Waals surface area contributed by atoms with E-state index in [4.69, 9.17) is 11.6 Å². The van der Waals surface area contributed by atoms with E-state index in [2.05, 4.69) is 10.3 Å². The van der Waals surface area contributed by atoms with E-state index in [1.54, 1.807) is 0 Å². The average Bonchev–Trinajstić information content (AvgIpc) is 2.83. The maximum absolute atomic E-state index is 12.8. The van der Waals surface area contributed by atoms with Crippen LogP contribution >= 0.6 is 22.9 Å². The number of aromatic nitrogens is 1. The zero-order chi connectivity index (χ0) is 14.0. The highest BCUT2D eigenvalue weighted by molar-refractivity contribution is 7.11. The molecule has 1 aromatic heterocycles. The van der Waals surface area contributed by atoms with Crippen LogP contribution in [0.25, 0.3) is 0 Å². The third-order valence-corrected chi connectivity index (χ3v) is 3.20. The fraction of sp³-hybridized carbons (Fsp3) is 0.0909. The number of amides is 1. The van der Waals surface area contributed by atoms with Crippen LogP contribution in [-0.4, -0.2) is 10.9 Å². The fourth-order valence-corrected chi connectivity index (χ4v) is 2.06. The summed E-state index contributed by atoms with van der Waals surface area (Å²) in [5, 5.41) is 2.15. The van der Waals surface area contributed by atoms with Gasteiger partial charge in [0.15, 0.2) is 0 Å². The summed E-state index contributed by atoms with van der Waals surface area (Å²) in [5.74, 6) is -0.643. The Bertz CT molecular complexity index is 598. The zero-order valence-corrected chi connectivity index (χ0v) is 10.7. The molecule has 100 valence electrons. The van der Waals surface area contributed by atoms with Crippen LogP contribution in [0, 0.1) is 0 Å². The molecule has 0 aliphatic carbocycles. The molecule has 0 saturated heterocycles. The smallest absolute Gasteiger partial charge is 0.321 e. The zero-order valence-electron chi connectivity index (χ0n) is 9.16. The predicted molar refractivity (Wildman–Crippen MR) is 66.5 cm³/mol. The molecule has 2 rings (SSSR count). The van der Waals surface area contributed by atoms with Crippen molar-refractivity contribution in [2.45, 2.75) is 6.18 Å². The molecule has 8 heteroatoms. The molecule has 3 nitrogen and oxygen atoms in total. The lowest BCUT2D eigenvalue weighted by molar-refractivity contribution is -0.136. The predicted octanol–water partition coefficient (Wildman–Crippen LogP) is 4.07. The van der Waals surface area contributed by atoms with E-state index in [-0.39, 0.29) is 15.6 Å². The van der Waals surface area contributed by atoms with Crippen molar-refractivity contribution in [3.05, 3.63) is 45.4 Å². The molecule has 1 heterocycles. The number of anilines is 1. The van der Waals surface area contributed by atoms with Gasteiger partial charge in [-0.2, -0.15) is 13.2 Å². The van der Waals surface area contributed by atoms with E-state index in [9.17, 15) is 18.0 Å². The number of hydrogen-bond donors (Lipinski definition) is 1. The lowest BCUT2D eigenvalue weighted by atomic mass is 10.1. The van der Waals surface area contributed by atoms with Crippen molar-refractivity contribution in [1.29, 1.82) is 0 Å². The van der Waals surface area contributed by atoms with Crippen molar-refractivity contribution in [2.75, 3.05) is 5.32 Å². The number of nitrogens with one attached hydrogen (secondary N) is 1. The first kappa shape index (κ1) is 13.8. The molecule has 1 amide bonds. The van der Waals surface area contributed by atoms with Crippen LogP contribution in [0.15, 0.2) is 29.9 Å². The molecule has 19 heavy (non-hydrogen) atoms. The highest BCUT2D eigenvalue weighted by Crippen LogP contribution is 2.36. The summed E-state index contributed by atoms with van der Waals surface area (Å²) in [6.45, 7) is 0. The number of carbonyl (C=O) groups excluding carboxylic acids is 1. The second-order valence-corrected chi connectivity index (χ2v) is 4.83. The summed E-state index contributed by atoms with van der Waals surface area (Å²) in [5.41, 5.74) is 0.0923. The van der Waals surface area contributed by atoms with Gasteiger partial charge in [0.1, 0.15) is 4.88 Å². The van der Waals surface area contributed by atoms with Crippen molar-refractivity contribution in [3.8, 4) is 0 Å². The van der Waals surface area contributed by atoms with E-state index < -0.39 is 17.6 Å². The van der Waals surface area contributed by atoms with Gasteiger partial charge in [0.2, 0.25) is 0 Å². The van der Waals surface area contributed by atoms with Crippen molar-refractivity contribution in [2.24, 2.45) is 0 Å². The number of hydrogen-bond acceptors (Lipinski definition) is 3. The summed E-state index contributed by atoms with van der Waals surface area (Å²) in [6, 6.07) is 3.16. The van der Waals surface area contributed by atoms with Crippen molar-refractivity contribution in [3.63, 3.8) is 0 Å². The number of nitrogens with zero attached hydrogens (tertiary/aromatic N) is 1. The minimum atomic E-state index is -4.60. The van der Waals surface area contributed by atoms with Gasteiger partial charge < -0.3 is 5.32 Å². The topological polar surface area (TPSA) is 42.0 Å². The summed E-state index contributed by atoms with van der Waals surface area (Å²) in [7, 11) is 0. The summed E-state index contributed by atoms with van der Waals surface area (Å²) >= 11 is 6.57. The first-order valence-corrected chi connectivity index (χ1v) is 6.20. The third kappa shape index (κ3) is 3.24. The summed E-state index contributed by atoms with van der Waals surface area (Å²) in [4.78, 5) is 15.6. The van der Waals surface area contributed by atoms with E-state index in [0.717, 1.165) is 23.5 Å². The van der Waals surface area contributed by atoms with Crippen molar-refractivity contribution < 1.29 is 18.0 Å². The lowest BCUT2D eigenvalue weighted by Crippen LogP contribution is -2.15. The standard InChI is InChI=1S/C11H6ClF3N2OS/c12-6-1-2-8(7(3-6)11(13,14)15)17-10(18)9-4-16-5-19-9/h1-5H,(H,17,18). The Balaban J connectivity index is 2.33. The van der Waals surface area contributed by atoms with Crippen molar-refractivity contribution in [1.82, 2.24) is 4.98 Å². The maximum atomic E-state index is 12.8. The highest BCUT2D eigenvalue weighted by atomic mass is 35.5. The minimum Gasteiger partial charge on any atom is -0.321 e. The molecule has 0 radical (unpaired) electrons. The van der Waals surface area contributed by atoms with E-state index in [1.165, 1.54) is 17.8 Å². The Labute approximate surface area is 115 Å².